The summed E-state index contributed by atoms with van der Waals surface area (Å²) >= 11 is 1.15. The van der Waals surface area contributed by atoms with Gasteiger partial charge in [-0.3, -0.25) is 0 Å². The quantitative estimate of drug-likeness (QED) is 0.848. The molecular formula is C15H13NO5S. The monoisotopic (exact) mass is 319 g/mol. The zero-order chi connectivity index (χ0) is 16.1. The number of hydrogen-bond acceptors (Lipinski definition) is 6. The lowest BCUT2D eigenvalue weighted by molar-refractivity contribution is 0.0595. The van der Waals surface area contributed by atoms with E-state index in [1.807, 2.05) is 0 Å². The number of pyridine rings is 1. The summed E-state index contributed by atoms with van der Waals surface area (Å²) in [5.41, 5.74) is 0.366. The molecule has 0 bridgehead atoms. The van der Waals surface area contributed by atoms with Gasteiger partial charge in [0.1, 0.15) is 16.3 Å². The second-order valence-electron chi connectivity index (χ2n) is 4.12. The number of ether oxygens (including phenoxy) is 2. The number of carbonyl (C=O) groups excluding carboxylic acids is 1. The van der Waals surface area contributed by atoms with Crippen LogP contribution < -0.4 is 4.74 Å². The third-order valence-corrected chi connectivity index (χ3v) is 3.80. The molecule has 0 aliphatic heterocycles. The third kappa shape index (κ3) is 3.37. The Morgan fingerprint density at radius 3 is 2.59 bits per heavy atom. The minimum absolute atomic E-state index is 0.0999. The van der Waals surface area contributed by atoms with Gasteiger partial charge in [-0.25, -0.2) is 14.6 Å². The fourth-order valence-corrected chi connectivity index (χ4v) is 2.68. The molecule has 2 aromatic rings. The number of nitrogens with zero attached hydrogens (tertiary/aromatic N) is 1. The molecule has 0 atom stereocenters. The number of carboxylic acid groups (broad SMARTS) is 1. The van der Waals surface area contributed by atoms with E-state index in [2.05, 4.69) is 4.98 Å². The highest BCUT2D eigenvalue weighted by Crippen LogP contribution is 2.32. The summed E-state index contributed by atoms with van der Waals surface area (Å²) < 4.78 is 9.82. The van der Waals surface area contributed by atoms with Gasteiger partial charge in [0, 0.05) is 11.1 Å². The minimum Gasteiger partial charge on any atom is -0.496 e. The second-order valence-corrected chi connectivity index (χ2v) is 5.18. The molecule has 0 amide bonds. The van der Waals surface area contributed by atoms with Crippen LogP contribution in [0, 0.1) is 0 Å². The first kappa shape index (κ1) is 15.8. The number of aromatic carboxylic acids is 1. The lowest BCUT2D eigenvalue weighted by Gasteiger charge is -2.09. The Hall–Kier alpha value is -2.54. The van der Waals surface area contributed by atoms with E-state index in [1.54, 1.807) is 24.3 Å². The fourth-order valence-electron chi connectivity index (χ4n) is 1.77. The van der Waals surface area contributed by atoms with Crippen LogP contribution in [0.2, 0.25) is 0 Å². The number of rotatable bonds is 5. The molecule has 2 rings (SSSR count). The van der Waals surface area contributed by atoms with E-state index in [1.165, 1.54) is 26.5 Å². The van der Waals surface area contributed by atoms with E-state index in [4.69, 9.17) is 14.6 Å². The van der Waals surface area contributed by atoms with Gasteiger partial charge < -0.3 is 14.6 Å². The van der Waals surface area contributed by atoms with Gasteiger partial charge in [0.05, 0.1) is 19.8 Å². The van der Waals surface area contributed by atoms with Gasteiger partial charge in [-0.1, -0.05) is 11.8 Å². The lowest BCUT2D eigenvalue weighted by atomic mass is 10.2. The van der Waals surface area contributed by atoms with Crippen LogP contribution in [0.15, 0.2) is 46.5 Å². The van der Waals surface area contributed by atoms with Crippen LogP contribution in [0.5, 0.6) is 5.75 Å². The van der Waals surface area contributed by atoms with Crippen molar-refractivity contribution < 1.29 is 24.2 Å². The first-order valence-electron chi connectivity index (χ1n) is 6.19. The Balaban J connectivity index is 2.39. The second kappa shape index (κ2) is 6.95. The van der Waals surface area contributed by atoms with E-state index >= 15 is 0 Å². The third-order valence-electron chi connectivity index (χ3n) is 2.79. The maximum atomic E-state index is 11.8. The molecule has 1 aromatic carbocycles. The maximum absolute atomic E-state index is 11.8. The van der Waals surface area contributed by atoms with Gasteiger partial charge in [0.25, 0.3) is 0 Å². The average molecular weight is 319 g/mol. The molecule has 1 N–H and O–H groups in total. The predicted molar refractivity (Wildman–Crippen MR) is 79.7 cm³/mol. The van der Waals surface area contributed by atoms with Gasteiger partial charge in [-0.15, -0.1) is 0 Å². The summed E-state index contributed by atoms with van der Waals surface area (Å²) in [6.45, 7) is 0. The molecule has 7 heteroatoms. The number of methoxy groups -OCH3 is 2. The summed E-state index contributed by atoms with van der Waals surface area (Å²) in [5, 5.41) is 9.50. The van der Waals surface area contributed by atoms with Crippen LogP contribution in [0.25, 0.3) is 0 Å². The zero-order valence-corrected chi connectivity index (χ0v) is 12.7. The molecular weight excluding hydrogens is 306 g/mol. The Kier molecular flexibility index (Phi) is 5.00. The molecule has 0 fully saturated rings. The normalized spacial score (nSPS) is 10.1. The Morgan fingerprint density at radius 1 is 1.18 bits per heavy atom. The number of esters is 1. The minimum atomic E-state index is -1.06. The molecule has 6 nitrogen and oxygen atoms in total. The van der Waals surface area contributed by atoms with Crippen LogP contribution >= 0.6 is 11.8 Å². The van der Waals surface area contributed by atoms with E-state index in [9.17, 15) is 9.59 Å². The molecule has 0 aliphatic carbocycles. The van der Waals surface area contributed by atoms with E-state index in [0.29, 0.717) is 15.7 Å². The first-order valence-corrected chi connectivity index (χ1v) is 7.01. The highest BCUT2D eigenvalue weighted by atomic mass is 32.2. The Labute approximate surface area is 131 Å². The average Bonchev–Trinajstić information content (AvgIpc) is 2.54. The number of carboxylic acids is 1. The van der Waals surface area contributed by atoms with E-state index in [-0.39, 0.29) is 11.1 Å². The molecule has 0 saturated heterocycles. The first-order chi connectivity index (χ1) is 10.6. The van der Waals surface area contributed by atoms with E-state index in [0.717, 1.165) is 11.8 Å². The van der Waals surface area contributed by atoms with Crippen molar-refractivity contribution in [3.8, 4) is 5.75 Å². The highest BCUT2D eigenvalue weighted by molar-refractivity contribution is 7.99. The number of aromatic nitrogens is 1. The molecule has 0 spiro atoms. The van der Waals surface area contributed by atoms with Crippen molar-refractivity contribution in [3.05, 3.63) is 47.7 Å². The summed E-state index contributed by atoms with van der Waals surface area (Å²) in [5.74, 6) is -1.20. The van der Waals surface area contributed by atoms with Gasteiger partial charge in [-0.05, 0) is 30.3 Å². The molecule has 114 valence electrons. The molecule has 0 radical (unpaired) electrons. The molecule has 22 heavy (non-hydrogen) atoms. The van der Waals surface area contributed by atoms with Crippen molar-refractivity contribution in [2.45, 2.75) is 9.92 Å². The Morgan fingerprint density at radius 2 is 1.95 bits per heavy atom. The molecule has 1 aromatic heterocycles. The molecule has 0 saturated carbocycles. The molecule has 1 heterocycles. The largest absolute Gasteiger partial charge is 0.496 e. The highest BCUT2D eigenvalue weighted by Gasteiger charge is 2.16. The van der Waals surface area contributed by atoms with Crippen molar-refractivity contribution in [3.63, 3.8) is 0 Å². The van der Waals surface area contributed by atoms with Crippen LogP contribution in [0.4, 0.5) is 0 Å². The van der Waals surface area contributed by atoms with Crippen molar-refractivity contribution in [1.29, 1.82) is 0 Å². The topological polar surface area (TPSA) is 85.7 Å². The van der Waals surface area contributed by atoms with Crippen LogP contribution in [0.3, 0.4) is 0 Å². The van der Waals surface area contributed by atoms with Crippen LogP contribution in [0.1, 0.15) is 20.7 Å². The zero-order valence-electron chi connectivity index (χ0n) is 11.9. The van der Waals surface area contributed by atoms with Gasteiger partial charge >= 0.3 is 11.9 Å². The van der Waals surface area contributed by atoms with Gasteiger partial charge in [0.15, 0.2) is 0 Å². The molecule has 0 aliphatic rings. The fraction of sp³-hybridized carbons (Fsp3) is 0.133. The van der Waals surface area contributed by atoms with Crippen molar-refractivity contribution in [2.24, 2.45) is 0 Å². The Bertz CT molecular complexity index is 717. The van der Waals surface area contributed by atoms with Crippen LogP contribution in [-0.4, -0.2) is 36.2 Å². The smallest absolute Gasteiger partial charge is 0.341 e. The van der Waals surface area contributed by atoms with Crippen molar-refractivity contribution >= 4 is 23.7 Å². The van der Waals surface area contributed by atoms with Crippen molar-refractivity contribution in [1.82, 2.24) is 4.98 Å². The number of hydrogen-bond donors (Lipinski definition) is 1. The predicted octanol–water partition coefficient (Wildman–Crippen LogP) is 2.73. The van der Waals surface area contributed by atoms with E-state index < -0.39 is 11.9 Å². The standard InChI is InChI=1S/C15H13NO5S/c1-20-12-6-5-9(8-11(12)15(19)21-2)22-13-10(14(17)18)4-3-7-16-13/h3-8H,1-2H3,(H,17,18). The summed E-state index contributed by atoms with van der Waals surface area (Å²) in [7, 11) is 2.73. The number of benzene rings is 1. The molecule has 0 unspecified atom stereocenters. The lowest BCUT2D eigenvalue weighted by Crippen LogP contribution is -2.04. The SMILES string of the molecule is COC(=O)c1cc(Sc2ncccc2C(=O)O)ccc1OC. The van der Waals surface area contributed by atoms with Crippen molar-refractivity contribution in [2.75, 3.05) is 14.2 Å². The maximum Gasteiger partial charge on any atom is 0.341 e. The summed E-state index contributed by atoms with van der Waals surface area (Å²) in [4.78, 5) is 27.7. The van der Waals surface area contributed by atoms with Gasteiger partial charge in [0.2, 0.25) is 0 Å². The van der Waals surface area contributed by atoms with Crippen LogP contribution in [-0.2, 0) is 4.74 Å². The summed E-state index contributed by atoms with van der Waals surface area (Å²) in [6.07, 6.45) is 1.51. The van der Waals surface area contributed by atoms with Gasteiger partial charge in [-0.2, -0.15) is 0 Å². The summed E-state index contributed by atoms with van der Waals surface area (Å²) in [6, 6.07) is 7.95. The number of carbonyl (C=O) groups is 2.